The van der Waals surface area contributed by atoms with Crippen LogP contribution in [-0.4, -0.2) is 16.5 Å². The van der Waals surface area contributed by atoms with Crippen molar-refractivity contribution in [2.45, 2.75) is 59.5 Å². The molecule has 0 saturated carbocycles. The summed E-state index contributed by atoms with van der Waals surface area (Å²) < 4.78 is 0. The van der Waals surface area contributed by atoms with Gasteiger partial charge in [-0.25, -0.2) is 0 Å². The monoisotopic (exact) mass is 248 g/mol. The second-order valence-corrected chi connectivity index (χ2v) is 5.22. The third kappa shape index (κ3) is 2.99. The Morgan fingerprint density at radius 3 is 1.94 bits per heavy atom. The predicted octanol–water partition coefficient (Wildman–Crippen LogP) is 3.27. The van der Waals surface area contributed by atoms with E-state index in [1.807, 2.05) is 27.7 Å². The highest BCUT2D eigenvalue weighted by atomic mass is 16.3. The van der Waals surface area contributed by atoms with Crippen molar-refractivity contribution in [1.82, 2.24) is 0 Å². The molecule has 2 nitrogen and oxygen atoms in total. The number of rotatable bonds is 5. The van der Waals surface area contributed by atoms with Gasteiger partial charge in [-0.05, 0) is 50.3 Å². The minimum atomic E-state index is -1.16. The zero-order chi connectivity index (χ0) is 13.9. The number of aryl methyl sites for hydroxylation is 3. The van der Waals surface area contributed by atoms with E-state index in [1.54, 1.807) is 0 Å². The number of carbonyl (C=O) groups excluding carboxylic acids is 1. The molecular weight excluding hydrogens is 224 g/mol. The predicted molar refractivity (Wildman–Crippen MR) is 74.9 cm³/mol. The zero-order valence-corrected chi connectivity index (χ0v) is 12.1. The summed E-state index contributed by atoms with van der Waals surface area (Å²) in [6, 6.07) is 4.18. The molecule has 0 aromatic heterocycles. The molecule has 0 fully saturated rings. The van der Waals surface area contributed by atoms with Crippen LogP contribution in [0, 0.1) is 20.8 Å². The van der Waals surface area contributed by atoms with Crippen molar-refractivity contribution in [3.63, 3.8) is 0 Å². The maximum absolute atomic E-state index is 12.2. The van der Waals surface area contributed by atoms with Gasteiger partial charge in [0.1, 0.15) is 5.60 Å². The standard InChI is InChI=1S/C16H24O2/c1-6-16(18,7-2)15(17)10-14-12(4)8-11(3)9-13(14)5/h8-9,18H,6-7,10H2,1-5H3. The first-order valence-corrected chi connectivity index (χ1v) is 6.66. The highest BCUT2D eigenvalue weighted by Gasteiger charge is 2.31. The van der Waals surface area contributed by atoms with Crippen LogP contribution in [0.1, 0.15) is 48.9 Å². The molecule has 1 N–H and O–H groups in total. The highest BCUT2D eigenvalue weighted by Crippen LogP contribution is 2.22. The molecule has 0 heterocycles. The first kappa shape index (κ1) is 14.9. The summed E-state index contributed by atoms with van der Waals surface area (Å²) in [5, 5.41) is 10.2. The van der Waals surface area contributed by atoms with Crippen LogP contribution in [-0.2, 0) is 11.2 Å². The molecule has 0 aliphatic rings. The van der Waals surface area contributed by atoms with Gasteiger partial charge in [-0.2, -0.15) is 0 Å². The molecule has 0 aliphatic heterocycles. The van der Waals surface area contributed by atoms with Gasteiger partial charge < -0.3 is 5.11 Å². The van der Waals surface area contributed by atoms with Gasteiger partial charge in [0.2, 0.25) is 0 Å². The van der Waals surface area contributed by atoms with Crippen LogP contribution in [0.5, 0.6) is 0 Å². The summed E-state index contributed by atoms with van der Waals surface area (Å²) in [5.41, 5.74) is 3.38. The number of ketones is 1. The average Bonchev–Trinajstić information content (AvgIpc) is 2.32. The zero-order valence-electron chi connectivity index (χ0n) is 12.1. The molecule has 1 rings (SSSR count). The number of hydrogen-bond donors (Lipinski definition) is 1. The van der Waals surface area contributed by atoms with E-state index in [9.17, 15) is 9.90 Å². The summed E-state index contributed by atoms with van der Waals surface area (Å²) in [7, 11) is 0. The summed E-state index contributed by atoms with van der Waals surface area (Å²) in [5.74, 6) is -0.0671. The molecule has 100 valence electrons. The highest BCUT2D eigenvalue weighted by molar-refractivity contribution is 5.89. The molecule has 0 unspecified atom stereocenters. The van der Waals surface area contributed by atoms with Gasteiger partial charge >= 0.3 is 0 Å². The molecule has 0 spiro atoms. The normalized spacial score (nSPS) is 11.7. The quantitative estimate of drug-likeness (QED) is 0.868. The van der Waals surface area contributed by atoms with Crippen molar-refractivity contribution in [3.05, 3.63) is 34.4 Å². The topological polar surface area (TPSA) is 37.3 Å². The Balaban J connectivity index is 3.02. The molecule has 0 amide bonds. The van der Waals surface area contributed by atoms with Gasteiger partial charge in [-0.1, -0.05) is 31.5 Å². The fourth-order valence-corrected chi connectivity index (χ4v) is 2.46. The van der Waals surface area contributed by atoms with E-state index >= 15 is 0 Å². The Morgan fingerprint density at radius 1 is 1.11 bits per heavy atom. The van der Waals surface area contributed by atoms with Gasteiger partial charge in [0, 0.05) is 6.42 Å². The van der Waals surface area contributed by atoms with E-state index < -0.39 is 5.60 Å². The summed E-state index contributed by atoms with van der Waals surface area (Å²) in [6.07, 6.45) is 1.29. The van der Waals surface area contributed by atoms with Crippen molar-refractivity contribution in [3.8, 4) is 0 Å². The lowest BCUT2D eigenvalue weighted by Crippen LogP contribution is -2.38. The Kier molecular flexibility index (Phi) is 4.69. The molecule has 0 aliphatic carbocycles. The van der Waals surface area contributed by atoms with Crippen LogP contribution in [0.15, 0.2) is 12.1 Å². The first-order chi connectivity index (χ1) is 8.34. The van der Waals surface area contributed by atoms with Crippen molar-refractivity contribution in [2.75, 3.05) is 0 Å². The Hall–Kier alpha value is -1.15. The van der Waals surface area contributed by atoms with Crippen LogP contribution in [0.4, 0.5) is 0 Å². The summed E-state index contributed by atoms with van der Waals surface area (Å²) in [4.78, 5) is 12.2. The Morgan fingerprint density at radius 2 is 1.56 bits per heavy atom. The first-order valence-electron chi connectivity index (χ1n) is 6.66. The summed E-state index contributed by atoms with van der Waals surface area (Å²) in [6.45, 7) is 9.83. The Bertz CT molecular complexity index is 419. The third-order valence-corrected chi connectivity index (χ3v) is 3.87. The molecule has 0 radical (unpaired) electrons. The molecule has 18 heavy (non-hydrogen) atoms. The average molecular weight is 248 g/mol. The fourth-order valence-electron chi connectivity index (χ4n) is 2.46. The van der Waals surface area contributed by atoms with E-state index in [2.05, 4.69) is 19.1 Å². The van der Waals surface area contributed by atoms with Gasteiger partial charge in [0.05, 0.1) is 0 Å². The van der Waals surface area contributed by atoms with E-state index in [-0.39, 0.29) is 5.78 Å². The number of aliphatic hydroxyl groups is 1. The number of hydrogen-bond acceptors (Lipinski definition) is 2. The second-order valence-electron chi connectivity index (χ2n) is 5.22. The van der Waals surface area contributed by atoms with E-state index in [1.165, 1.54) is 5.56 Å². The second kappa shape index (κ2) is 5.66. The van der Waals surface area contributed by atoms with Crippen LogP contribution < -0.4 is 0 Å². The molecule has 0 saturated heterocycles. The number of benzene rings is 1. The largest absolute Gasteiger partial charge is 0.382 e. The number of carbonyl (C=O) groups is 1. The lowest BCUT2D eigenvalue weighted by molar-refractivity contribution is -0.137. The van der Waals surface area contributed by atoms with E-state index in [0.29, 0.717) is 19.3 Å². The van der Waals surface area contributed by atoms with Crippen molar-refractivity contribution < 1.29 is 9.90 Å². The fraction of sp³-hybridized carbons (Fsp3) is 0.562. The van der Waals surface area contributed by atoms with E-state index in [0.717, 1.165) is 16.7 Å². The van der Waals surface area contributed by atoms with Gasteiger partial charge in [0.15, 0.2) is 5.78 Å². The summed E-state index contributed by atoms with van der Waals surface area (Å²) >= 11 is 0. The van der Waals surface area contributed by atoms with Crippen LogP contribution in [0.25, 0.3) is 0 Å². The van der Waals surface area contributed by atoms with Gasteiger partial charge in [-0.15, -0.1) is 0 Å². The molecule has 1 aromatic carbocycles. The SMILES string of the molecule is CCC(O)(CC)C(=O)Cc1c(C)cc(C)cc1C. The van der Waals surface area contributed by atoms with Crippen LogP contribution in [0.3, 0.4) is 0 Å². The lowest BCUT2D eigenvalue weighted by atomic mass is 9.86. The maximum Gasteiger partial charge on any atom is 0.168 e. The van der Waals surface area contributed by atoms with Crippen molar-refractivity contribution in [2.24, 2.45) is 0 Å². The third-order valence-electron chi connectivity index (χ3n) is 3.87. The van der Waals surface area contributed by atoms with Gasteiger partial charge in [-0.3, -0.25) is 4.79 Å². The molecule has 0 bridgehead atoms. The van der Waals surface area contributed by atoms with Gasteiger partial charge in [0.25, 0.3) is 0 Å². The van der Waals surface area contributed by atoms with E-state index in [4.69, 9.17) is 0 Å². The lowest BCUT2D eigenvalue weighted by Gasteiger charge is -2.24. The van der Waals surface area contributed by atoms with Crippen molar-refractivity contribution in [1.29, 1.82) is 0 Å². The van der Waals surface area contributed by atoms with Crippen LogP contribution >= 0.6 is 0 Å². The molecule has 0 atom stereocenters. The van der Waals surface area contributed by atoms with Crippen LogP contribution in [0.2, 0.25) is 0 Å². The smallest absolute Gasteiger partial charge is 0.168 e. The maximum atomic E-state index is 12.2. The molecular formula is C16H24O2. The number of Topliss-reactive ketones (excluding diaryl/α,β-unsaturated/α-hetero) is 1. The molecule has 1 aromatic rings. The minimum absolute atomic E-state index is 0.0671. The minimum Gasteiger partial charge on any atom is -0.382 e. The Labute approximate surface area is 110 Å². The molecule has 2 heteroatoms. The van der Waals surface area contributed by atoms with Crippen molar-refractivity contribution >= 4 is 5.78 Å².